The molecule has 6 nitrogen and oxygen atoms in total. The van der Waals surface area contributed by atoms with Crippen LogP contribution in [0.25, 0.3) is 0 Å². The van der Waals surface area contributed by atoms with E-state index in [1.54, 1.807) is 0 Å². The van der Waals surface area contributed by atoms with E-state index < -0.39 is 4.92 Å². The Kier molecular flexibility index (Phi) is 2.16. The van der Waals surface area contributed by atoms with Gasteiger partial charge in [0.2, 0.25) is 0 Å². The first-order valence-electron chi connectivity index (χ1n) is 5.32. The second kappa shape index (κ2) is 3.69. The van der Waals surface area contributed by atoms with Gasteiger partial charge in [0.15, 0.2) is 17.3 Å². The van der Waals surface area contributed by atoms with Gasteiger partial charge in [-0.1, -0.05) is 12.1 Å². The third-order valence-corrected chi connectivity index (χ3v) is 2.79. The van der Waals surface area contributed by atoms with E-state index >= 15 is 0 Å². The first-order chi connectivity index (χ1) is 8.66. The number of benzene rings is 1. The van der Waals surface area contributed by atoms with Crippen molar-refractivity contribution < 1.29 is 9.66 Å². The van der Waals surface area contributed by atoms with Crippen molar-refractivity contribution in [3.63, 3.8) is 0 Å². The van der Waals surface area contributed by atoms with Crippen molar-refractivity contribution in [1.82, 2.24) is 4.98 Å². The topological polar surface area (TPSA) is 68.5 Å². The Bertz CT molecular complexity index is 642. The van der Waals surface area contributed by atoms with Crippen LogP contribution in [-0.4, -0.2) is 17.0 Å². The first-order valence-corrected chi connectivity index (χ1v) is 5.32. The van der Waals surface area contributed by atoms with Crippen LogP contribution in [-0.2, 0) is 0 Å². The van der Waals surface area contributed by atoms with Crippen molar-refractivity contribution in [2.24, 2.45) is 0 Å². The van der Waals surface area contributed by atoms with Crippen LogP contribution in [0.4, 0.5) is 17.2 Å². The van der Waals surface area contributed by atoms with Crippen LogP contribution in [0.3, 0.4) is 0 Å². The van der Waals surface area contributed by atoms with Gasteiger partial charge in [0.25, 0.3) is 5.69 Å². The molecular formula is C12H9N3O3. The highest BCUT2D eigenvalue weighted by Gasteiger charge is 2.24. The van der Waals surface area contributed by atoms with E-state index in [0.29, 0.717) is 17.3 Å². The monoisotopic (exact) mass is 243 g/mol. The van der Waals surface area contributed by atoms with E-state index in [1.165, 1.54) is 12.3 Å². The Balaban J connectivity index is 2.13. The summed E-state index contributed by atoms with van der Waals surface area (Å²) in [6.07, 6.45) is 1.23. The highest BCUT2D eigenvalue weighted by Crippen LogP contribution is 2.45. The summed E-state index contributed by atoms with van der Waals surface area (Å²) in [5.41, 5.74) is 0.799. The van der Waals surface area contributed by atoms with Crippen LogP contribution >= 0.6 is 0 Å². The predicted octanol–water partition coefficient (Wildman–Crippen LogP) is 2.86. The fourth-order valence-electron chi connectivity index (χ4n) is 1.91. The number of pyridine rings is 1. The maximum atomic E-state index is 10.7. The lowest BCUT2D eigenvalue weighted by atomic mass is 10.2. The van der Waals surface area contributed by atoms with Gasteiger partial charge >= 0.3 is 0 Å². The Hall–Kier alpha value is -2.63. The molecule has 6 heteroatoms. The number of aromatic nitrogens is 1. The summed E-state index contributed by atoms with van der Waals surface area (Å²) in [7, 11) is 1.85. The Labute approximate surface area is 103 Å². The van der Waals surface area contributed by atoms with Gasteiger partial charge in [-0.15, -0.1) is 0 Å². The molecule has 1 aromatic carbocycles. The minimum absolute atomic E-state index is 0.0819. The molecule has 0 N–H and O–H groups in total. The summed E-state index contributed by atoms with van der Waals surface area (Å²) in [5, 5.41) is 10.7. The average molecular weight is 243 g/mol. The van der Waals surface area contributed by atoms with Crippen LogP contribution in [0.5, 0.6) is 11.5 Å². The van der Waals surface area contributed by atoms with E-state index in [0.717, 1.165) is 5.69 Å². The minimum atomic E-state index is -0.489. The number of hydrogen-bond acceptors (Lipinski definition) is 5. The van der Waals surface area contributed by atoms with Gasteiger partial charge in [0, 0.05) is 7.05 Å². The molecule has 0 fully saturated rings. The fraction of sp³-hybridized carbons (Fsp3) is 0.0833. The molecule has 18 heavy (non-hydrogen) atoms. The normalized spacial score (nSPS) is 12.4. The third kappa shape index (κ3) is 1.46. The molecule has 1 aliphatic rings. The number of fused-ring (bicyclic) bond motifs is 2. The average Bonchev–Trinajstić information content (AvgIpc) is 2.38. The van der Waals surface area contributed by atoms with Crippen molar-refractivity contribution in [3.8, 4) is 11.5 Å². The zero-order chi connectivity index (χ0) is 12.7. The van der Waals surface area contributed by atoms with Crippen molar-refractivity contribution in [2.75, 3.05) is 11.9 Å². The molecule has 0 saturated heterocycles. The van der Waals surface area contributed by atoms with Gasteiger partial charge in [-0.3, -0.25) is 10.1 Å². The van der Waals surface area contributed by atoms with E-state index in [2.05, 4.69) is 4.98 Å². The molecule has 0 amide bonds. The van der Waals surface area contributed by atoms with Gasteiger partial charge in [-0.2, -0.15) is 0 Å². The van der Waals surface area contributed by atoms with Crippen LogP contribution in [0.1, 0.15) is 0 Å². The number of nitrogens with zero attached hydrogens (tertiary/aromatic N) is 3. The highest BCUT2D eigenvalue weighted by molar-refractivity contribution is 5.75. The number of nitro groups is 1. The van der Waals surface area contributed by atoms with Crippen molar-refractivity contribution in [2.45, 2.75) is 0 Å². The molecule has 0 aliphatic carbocycles. The van der Waals surface area contributed by atoms with E-state index in [1.807, 2.05) is 36.2 Å². The van der Waals surface area contributed by atoms with Gasteiger partial charge in [-0.05, 0) is 12.1 Å². The summed E-state index contributed by atoms with van der Waals surface area (Å²) in [6.45, 7) is 0. The standard InChI is InChI=1S/C12H9N3O3/c1-14-9-4-2-3-5-10(9)18-11-6-8(15(16)17)7-13-12(11)14/h2-7H,1H3. The number of rotatable bonds is 1. The molecule has 0 radical (unpaired) electrons. The molecule has 0 saturated carbocycles. The molecule has 2 aromatic rings. The van der Waals surface area contributed by atoms with Crippen LogP contribution in [0.2, 0.25) is 0 Å². The maximum Gasteiger partial charge on any atom is 0.291 e. The predicted molar refractivity (Wildman–Crippen MR) is 65.5 cm³/mol. The molecule has 0 unspecified atom stereocenters. The molecule has 90 valence electrons. The number of ether oxygens (including phenoxy) is 1. The van der Waals surface area contributed by atoms with Crippen molar-refractivity contribution in [1.29, 1.82) is 0 Å². The quantitative estimate of drug-likeness (QED) is 0.569. The smallest absolute Gasteiger partial charge is 0.291 e. The van der Waals surface area contributed by atoms with E-state index in [4.69, 9.17) is 4.74 Å². The van der Waals surface area contributed by atoms with Crippen LogP contribution in [0.15, 0.2) is 36.5 Å². The maximum absolute atomic E-state index is 10.7. The van der Waals surface area contributed by atoms with Gasteiger partial charge < -0.3 is 9.64 Å². The molecule has 3 rings (SSSR count). The van der Waals surface area contributed by atoms with Crippen LogP contribution < -0.4 is 9.64 Å². The molecular weight excluding hydrogens is 234 g/mol. The molecule has 1 aliphatic heterocycles. The summed E-state index contributed by atoms with van der Waals surface area (Å²) in [6, 6.07) is 8.85. The van der Waals surface area contributed by atoms with E-state index in [-0.39, 0.29) is 5.69 Å². The molecule has 1 aromatic heterocycles. The Morgan fingerprint density at radius 2 is 2.11 bits per heavy atom. The lowest BCUT2D eigenvalue weighted by molar-refractivity contribution is -0.385. The summed E-state index contributed by atoms with van der Waals surface area (Å²) in [4.78, 5) is 16.1. The zero-order valence-corrected chi connectivity index (χ0v) is 9.53. The molecule has 0 spiro atoms. The van der Waals surface area contributed by atoms with Gasteiger partial charge in [0.1, 0.15) is 6.20 Å². The van der Waals surface area contributed by atoms with E-state index in [9.17, 15) is 10.1 Å². The molecule has 0 atom stereocenters. The van der Waals surface area contributed by atoms with Gasteiger partial charge in [0.05, 0.1) is 16.7 Å². The summed E-state index contributed by atoms with van der Waals surface area (Å²) >= 11 is 0. The second-order valence-electron chi connectivity index (χ2n) is 3.90. The number of hydrogen-bond donors (Lipinski definition) is 0. The zero-order valence-electron chi connectivity index (χ0n) is 9.53. The fourth-order valence-corrected chi connectivity index (χ4v) is 1.91. The SMILES string of the molecule is CN1c2ccccc2Oc2cc([N+](=O)[O-])cnc21. The number of anilines is 2. The van der Waals surface area contributed by atoms with Gasteiger partial charge in [-0.25, -0.2) is 4.98 Å². The third-order valence-electron chi connectivity index (χ3n) is 2.79. The first kappa shape index (κ1) is 10.5. The minimum Gasteiger partial charge on any atom is -0.451 e. The highest BCUT2D eigenvalue weighted by atomic mass is 16.6. The molecule has 2 heterocycles. The van der Waals surface area contributed by atoms with Crippen molar-refractivity contribution in [3.05, 3.63) is 46.6 Å². The molecule has 0 bridgehead atoms. The Morgan fingerprint density at radius 3 is 2.89 bits per heavy atom. The lowest BCUT2D eigenvalue weighted by Gasteiger charge is -2.27. The Morgan fingerprint density at radius 1 is 1.33 bits per heavy atom. The largest absolute Gasteiger partial charge is 0.451 e. The summed E-state index contributed by atoms with van der Waals surface area (Å²) < 4.78 is 5.63. The lowest BCUT2D eigenvalue weighted by Crippen LogP contribution is -2.17. The van der Waals surface area contributed by atoms with Crippen molar-refractivity contribution >= 4 is 17.2 Å². The van der Waals surface area contributed by atoms with Crippen LogP contribution in [0, 0.1) is 10.1 Å². The summed E-state index contributed by atoms with van der Waals surface area (Å²) in [5.74, 6) is 1.62. The second-order valence-corrected chi connectivity index (χ2v) is 3.90. The number of para-hydroxylation sites is 2.